The van der Waals surface area contributed by atoms with Crippen molar-refractivity contribution in [3.8, 4) is 23.3 Å². The summed E-state index contributed by atoms with van der Waals surface area (Å²) >= 11 is 0. The Kier molecular flexibility index (Phi) is 5.82. The first-order chi connectivity index (χ1) is 13.2. The van der Waals surface area contributed by atoms with E-state index >= 15 is 0 Å². The van der Waals surface area contributed by atoms with Crippen molar-refractivity contribution < 1.29 is 19.0 Å². The van der Waals surface area contributed by atoms with E-state index in [1.165, 1.54) is 0 Å². The fourth-order valence-corrected chi connectivity index (χ4v) is 3.34. The lowest BCUT2D eigenvalue weighted by atomic mass is 10.0. The van der Waals surface area contributed by atoms with Gasteiger partial charge < -0.3 is 19.1 Å². The second-order valence-electron chi connectivity index (χ2n) is 6.28. The molecule has 0 spiro atoms. The summed E-state index contributed by atoms with van der Waals surface area (Å²) in [6, 6.07) is 14.4. The van der Waals surface area contributed by atoms with Gasteiger partial charge in [-0.15, -0.1) is 0 Å². The molecule has 0 N–H and O–H groups in total. The molecule has 0 aliphatic carbocycles. The lowest BCUT2D eigenvalue weighted by Gasteiger charge is -2.26. The van der Waals surface area contributed by atoms with Gasteiger partial charge in [0.2, 0.25) is 0 Å². The zero-order valence-corrected chi connectivity index (χ0v) is 15.5. The van der Waals surface area contributed by atoms with Crippen molar-refractivity contribution in [3.63, 3.8) is 0 Å². The molecule has 1 saturated heterocycles. The fourth-order valence-electron chi connectivity index (χ4n) is 3.34. The average Bonchev–Trinajstić information content (AvgIpc) is 3.21. The maximum atomic E-state index is 12.7. The van der Waals surface area contributed by atoms with Crippen molar-refractivity contribution in [2.75, 3.05) is 27.4 Å². The monoisotopic (exact) mass is 366 g/mol. The van der Waals surface area contributed by atoms with Crippen molar-refractivity contribution in [3.05, 3.63) is 53.6 Å². The molecule has 6 nitrogen and oxygen atoms in total. The minimum absolute atomic E-state index is 0.0390. The third kappa shape index (κ3) is 4.14. The van der Waals surface area contributed by atoms with Crippen LogP contribution in [0.5, 0.6) is 17.2 Å². The molecule has 1 amide bonds. The predicted octanol–water partition coefficient (Wildman–Crippen LogP) is 3.32. The smallest absolute Gasteiger partial charge is 0.261 e. The predicted molar refractivity (Wildman–Crippen MR) is 99.9 cm³/mol. The highest BCUT2D eigenvalue weighted by Gasteiger charge is 2.32. The molecule has 1 heterocycles. The minimum atomic E-state index is -0.0697. The maximum absolute atomic E-state index is 12.7. The van der Waals surface area contributed by atoms with Crippen molar-refractivity contribution in [2.24, 2.45) is 0 Å². The summed E-state index contributed by atoms with van der Waals surface area (Å²) in [5, 5.41) is 8.83. The summed E-state index contributed by atoms with van der Waals surface area (Å²) in [7, 11) is 3.23. The van der Waals surface area contributed by atoms with Gasteiger partial charge in [-0.05, 0) is 49.2 Å². The van der Waals surface area contributed by atoms with Gasteiger partial charge in [0.25, 0.3) is 5.91 Å². The Balaban J connectivity index is 1.70. The van der Waals surface area contributed by atoms with Crippen LogP contribution in [0.25, 0.3) is 0 Å². The topological polar surface area (TPSA) is 71.8 Å². The number of benzene rings is 2. The van der Waals surface area contributed by atoms with E-state index in [0.29, 0.717) is 23.6 Å². The van der Waals surface area contributed by atoms with Gasteiger partial charge in [-0.3, -0.25) is 4.79 Å². The summed E-state index contributed by atoms with van der Waals surface area (Å²) in [5.41, 5.74) is 1.53. The van der Waals surface area contributed by atoms with E-state index in [9.17, 15) is 4.79 Å². The molecule has 27 heavy (non-hydrogen) atoms. The van der Waals surface area contributed by atoms with Crippen LogP contribution in [-0.4, -0.2) is 38.2 Å². The molecule has 0 unspecified atom stereocenters. The number of ether oxygens (including phenoxy) is 3. The highest BCUT2D eigenvalue weighted by atomic mass is 16.5. The van der Waals surface area contributed by atoms with E-state index in [-0.39, 0.29) is 18.6 Å². The standard InChI is InChI=1S/C21H22N2O4/c1-25-17-9-10-18(20(12-17)26-2)19-4-3-11-23(19)21(24)14-27-16-7-5-15(13-22)6-8-16/h5-10,12,19H,3-4,11,14H2,1-2H3/t19-/m1/s1. The number of carbonyl (C=O) groups excluding carboxylic acids is 1. The molecule has 0 aromatic heterocycles. The molecule has 1 atom stereocenters. The zero-order valence-electron chi connectivity index (χ0n) is 15.5. The molecule has 140 valence electrons. The number of carbonyl (C=O) groups is 1. The van der Waals surface area contributed by atoms with Crippen LogP contribution in [0, 0.1) is 11.3 Å². The summed E-state index contributed by atoms with van der Waals surface area (Å²) in [6.45, 7) is 0.649. The van der Waals surface area contributed by atoms with Crippen LogP contribution in [0.2, 0.25) is 0 Å². The van der Waals surface area contributed by atoms with Crippen LogP contribution in [0.3, 0.4) is 0 Å². The van der Waals surface area contributed by atoms with E-state index < -0.39 is 0 Å². The van der Waals surface area contributed by atoms with Crippen molar-refractivity contribution >= 4 is 5.91 Å². The Bertz CT molecular complexity index is 842. The van der Waals surface area contributed by atoms with Crippen molar-refractivity contribution in [1.82, 2.24) is 4.90 Å². The molecular formula is C21H22N2O4. The first-order valence-electron chi connectivity index (χ1n) is 8.80. The van der Waals surface area contributed by atoms with Gasteiger partial charge in [-0.25, -0.2) is 0 Å². The summed E-state index contributed by atoms with van der Waals surface area (Å²) < 4.78 is 16.4. The number of hydrogen-bond acceptors (Lipinski definition) is 5. The molecule has 0 saturated carbocycles. The fraction of sp³-hybridized carbons (Fsp3) is 0.333. The number of nitrogens with zero attached hydrogens (tertiary/aromatic N) is 2. The quantitative estimate of drug-likeness (QED) is 0.784. The first kappa shape index (κ1) is 18.6. The number of hydrogen-bond donors (Lipinski definition) is 0. The molecule has 0 radical (unpaired) electrons. The minimum Gasteiger partial charge on any atom is -0.497 e. The molecule has 6 heteroatoms. The molecule has 1 aliphatic rings. The SMILES string of the molecule is COc1ccc([C@H]2CCCN2C(=O)COc2ccc(C#N)cc2)c(OC)c1. The van der Waals surface area contributed by atoms with E-state index in [0.717, 1.165) is 24.2 Å². The molecule has 1 aliphatic heterocycles. The summed E-state index contributed by atoms with van der Waals surface area (Å²) in [4.78, 5) is 14.6. The number of amides is 1. The molecule has 0 bridgehead atoms. The van der Waals surface area contributed by atoms with Crippen LogP contribution in [0.4, 0.5) is 0 Å². The number of rotatable bonds is 6. The number of nitriles is 1. The second kappa shape index (κ2) is 8.45. The molecule has 3 rings (SSSR count). The van der Waals surface area contributed by atoms with Gasteiger partial charge in [0.1, 0.15) is 17.2 Å². The normalized spacial score (nSPS) is 15.9. The van der Waals surface area contributed by atoms with Crippen LogP contribution in [0.15, 0.2) is 42.5 Å². The Morgan fingerprint density at radius 3 is 2.56 bits per heavy atom. The largest absolute Gasteiger partial charge is 0.497 e. The van der Waals surface area contributed by atoms with Crippen molar-refractivity contribution in [2.45, 2.75) is 18.9 Å². The van der Waals surface area contributed by atoms with Gasteiger partial charge in [0.15, 0.2) is 6.61 Å². The van der Waals surface area contributed by atoms with Crippen LogP contribution >= 0.6 is 0 Å². The van der Waals surface area contributed by atoms with Gasteiger partial charge >= 0.3 is 0 Å². The van der Waals surface area contributed by atoms with Gasteiger partial charge in [0, 0.05) is 18.2 Å². The second-order valence-corrected chi connectivity index (χ2v) is 6.28. The number of likely N-dealkylation sites (tertiary alicyclic amines) is 1. The first-order valence-corrected chi connectivity index (χ1v) is 8.80. The van der Waals surface area contributed by atoms with Crippen LogP contribution in [-0.2, 0) is 4.79 Å². The van der Waals surface area contributed by atoms with Gasteiger partial charge in [-0.2, -0.15) is 5.26 Å². The summed E-state index contributed by atoms with van der Waals surface area (Å²) in [5.74, 6) is 1.93. The van der Waals surface area contributed by atoms with E-state index in [2.05, 4.69) is 6.07 Å². The third-order valence-electron chi connectivity index (χ3n) is 4.72. The van der Waals surface area contributed by atoms with E-state index in [1.54, 1.807) is 38.5 Å². The highest BCUT2D eigenvalue weighted by Crippen LogP contribution is 2.38. The average molecular weight is 366 g/mol. The maximum Gasteiger partial charge on any atom is 0.261 e. The van der Waals surface area contributed by atoms with Gasteiger partial charge in [-0.1, -0.05) is 0 Å². The lowest BCUT2D eigenvalue weighted by molar-refractivity contribution is -0.134. The molecule has 2 aromatic carbocycles. The Hall–Kier alpha value is -3.20. The molecule has 2 aromatic rings. The Morgan fingerprint density at radius 1 is 1.15 bits per heavy atom. The van der Waals surface area contributed by atoms with Gasteiger partial charge in [0.05, 0.1) is 31.9 Å². The van der Waals surface area contributed by atoms with E-state index in [4.69, 9.17) is 19.5 Å². The number of methoxy groups -OCH3 is 2. The lowest BCUT2D eigenvalue weighted by Crippen LogP contribution is -2.34. The highest BCUT2D eigenvalue weighted by molar-refractivity contribution is 5.78. The molecular weight excluding hydrogens is 344 g/mol. The van der Waals surface area contributed by atoms with Crippen molar-refractivity contribution in [1.29, 1.82) is 5.26 Å². The summed E-state index contributed by atoms with van der Waals surface area (Å²) in [6.07, 6.45) is 1.81. The van der Waals surface area contributed by atoms with Crippen LogP contribution < -0.4 is 14.2 Å². The third-order valence-corrected chi connectivity index (χ3v) is 4.72. The Morgan fingerprint density at radius 2 is 1.89 bits per heavy atom. The molecule has 1 fully saturated rings. The zero-order chi connectivity index (χ0) is 19.2. The Labute approximate surface area is 158 Å². The van der Waals surface area contributed by atoms with Crippen LogP contribution in [0.1, 0.15) is 30.0 Å². The van der Waals surface area contributed by atoms with E-state index in [1.807, 2.05) is 23.1 Å².